The minimum Gasteiger partial charge on any atom is -0.332 e. The molecule has 4 rings (SSSR count). The average Bonchev–Trinajstić information content (AvgIpc) is 3.55. The summed E-state index contributed by atoms with van der Waals surface area (Å²) >= 11 is 1.71. The summed E-state index contributed by atoms with van der Waals surface area (Å²) in [4.78, 5) is 32.6. The van der Waals surface area contributed by atoms with E-state index in [4.69, 9.17) is 0 Å². The van der Waals surface area contributed by atoms with Gasteiger partial charge in [-0.3, -0.25) is 4.79 Å². The molecule has 1 saturated carbocycles. The number of hydrogen-bond donors (Lipinski definition) is 1. The number of benzene rings is 2. The quantitative estimate of drug-likeness (QED) is 0.454. The third kappa shape index (κ3) is 6.23. The van der Waals surface area contributed by atoms with Crippen molar-refractivity contribution in [1.29, 1.82) is 0 Å². The van der Waals surface area contributed by atoms with E-state index >= 15 is 0 Å². The Morgan fingerprint density at radius 3 is 2.36 bits per heavy atom. The standard InChI is InChI=1S/C27H31N3O2S/c1-19-9-14-25(20(2)15-19)28-27(32)30(23-11-12-23)18-26(31)29(16-22-7-5-4-6-8-22)17-24-13-10-21(3)33-24/h4-10,13-15,23H,11-12,16-18H2,1-3H3,(H,28,32). The normalized spacial score (nSPS) is 12.9. The van der Waals surface area contributed by atoms with Crippen molar-refractivity contribution < 1.29 is 9.59 Å². The van der Waals surface area contributed by atoms with Gasteiger partial charge in [0.15, 0.2) is 0 Å². The topological polar surface area (TPSA) is 52.7 Å². The van der Waals surface area contributed by atoms with Gasteiger partial charge in [-0.25, -0.2) is 4.79 Å². The molecule has 2 aromatic carbocycles. The van der Waals surface area contributed by atoms with Crippen molar-refractivity contribution in [3.63, 3.8) is 0 Å². The fourth-order valence-electron chi connectivity index (χ4n) is 3.93. The third-order valence-corrected chi connectivity index (χ3v) is 6.87. The summed E-state index contributed by atoms with van der Waals surface area (Å²) in [7, 11) is 0. The minimum atomic E-state index is -0.204. The summed E-state index contributed by atoms with van der Waals surface area (Å²) in [6.07, 6.45) is 1.88. The zero-order chi connectivity index (χ0) is 23.4. The van der Waals surface area contributed by atoms with Crippen molar-refractivity contribution in [1.82, 2.24) is 9.80 Å². The second-order valence-corrected chi connectivity index (χ2v) is 10.2. The summed E-state index contributed by atoms with van der Waals surface area (Å²) < 4.78 is 0. The molecule has 0 spiro atoms. The molecule has 3 amide bonds. The van der Waals surface area contributed by atoms with Crippen molar-refractivity contribution >= 4 is 29.0 Å². The van der Waals surface area contributed by atoms with E-state index in [0.717, 1.165) is 40.1 Å². The maximum atomic E-state index is 13.5. The SMILES string of the molecule is Cc1ccc(NC(=O)N(CC(=O)N(Cc2ccccc2)Cc2ccc(C)s2)C2CC2)c(C)c1. The van der Waals surface area contributed by atoms with Crippen LogP contribution < -0.4 is 5.32 Å². The van der Waals surface area contributed by atoms with E-state index in [1.165, 1.54) is 4.88 Å². The first-order valence-corrected chi connectivity index (χ1v) is 12.2. The Morgan fingerprint density at radius 1 is 0.970 bits per heavy atom. The van der Waals surface area contributed by atoms with E-state index in [1.54, 1.807) is 16.2 Å². The maximum absolute atomic E-state index is 13.5. The van der Waals surface area contributed by atoms with Crippen molar-refractivity contribution in [3.05, 3.63) is 87.1 Å². The molecule has 6 heteroatoms. The first-order valence-electron chi connectivity index (χ1n) is 11.4. The molecule has 0 unspecified atom stereocenters. The molecule has 1 aromatic heterocycles. The number of urea groups is 1. The van der Waals surface area contributed by atoms with Gasteiger partial charge < -0.3 is 15.1 Å². The second kappa shape index (κ2) is 10.2. The molecule has 1 heterocycles. The highest BCUT2D eigenvalue weighted by Gasteiger charge is 2.35. The molecule has 1 aliphatic carbocycles. The number of rotatable bonds is 8. The molecule has 0 saturated heterocycles. The lowest BCUT2D eigenvalue weighted by Crippen LogP contribution is -2.45. The van der Waals surface area contributed by atoms with E-state index < -0.39 is 0 Å². The van der Waals surface area contributed by atoms with Gasteiger partial charge in [0.25, 0.3) is 0 Å². The summed E-state index contributed by atoms with van der Waals surface area (Å²) in [6, 6.07) is 20.1. The van der Waals surface area contributed by atoms with Gasteiger partial charge in [-0.2, -0.15) is 0 Å². The lowest BCUT2D eigenvalue weighted by Gasteiger charge is -2.28. The third-order valence-electron chi connectivity index (χ3n) is 5.89. The molecule has 33 heavy (non-hydrogen) atoms. The number of nitrogens with one attached hydrogen (secondary N) is 1. The van der Waals surface area contributed by atoms with Crippen LogP contribution >= 0.6 is 11.3 Å². The summed E-state index contributed by atoms with van der Waals surface area (Å²) in [5, 5.41) is 3.02. The zero-order valence-electron chi connectivity index (χ0n) is 19.5. The van der Waals surface area contributed by atoms with Crippen molar-refractivity contribution in [2.24, 2.45) is 0 Å². The van der Waals surface area contributed by atoms with E-state index in [-0.39, 0.29) is 24.5 Å². The number of anilines is 1. The molecule has 1 N–H and O–H groups in total. The molecule has 0 aliphatic heterocycles. The molecule has 1 fully saturated rings. The number of thiophene rings is 1. The molecule has 0 atom stereocenters. The van der Waals surface area contributed by atoms with E-state index in [9.17, 15) is 9.59 Å². The predicted octanol–water partition coefficient (Wildman–Crippen LogP) is 5.90. The van der Waals surface area contributed by atoms with Crippen LogP contribution in [0, 0.1) is 20.8 Å². The molecular formula is C27H31N3O2S. The molecule has 172 valence electrons. The molecule has 0 bridgehead atoms. The van der Waals surface area contributed by atoms with Crippen molar-refractivity contribution in [2.45, 2.75) is 52.7 Å². The predicted molar refractivity (Wildman–Crippen MR) is 134 cm³/mol. The van der Waals surface area contributed by atoms with Crippen LogP contribution in [0.25, 0.3) is 0 Å². The van der Waals surface area contributed by atoms with Crippen LogP contribution in [0.2, 0.25) is 0 Å². The van der Waals surface area contributed by atoms with Gasteiger partial charge in [0, 0.05) is 28.0 Å². The Bertz CT molecular complexity index is 1120. The van der Waals surface area contributed by atoms with E-state index in [2.05, 4.69) is 24.4 Å². The molecule has 1 aliphatic rings. The Balaban J connectivity index is 1.49. The van der Waals surface area contributed by atoms with Gasteiger partial charge in [-0.15, -0.1) is 11.3 Å². The Morgan fingerprint density at radius 2 is 1.73 bits per heavy atom. The molecule has 0 radical (unpaired) electrons. The van der Waals surface area contributed by atoms with Gasteiger partial charge in [0.1, 0.15) is 6.54 Å². The van der Waals surface area contributed by atoms with Crippen LogP contribution in [0.4, 0.5) is 10.5 Å². The van der Waals surface area contributed by atoms with Crippen LogP contribution in [0.1, 0.15) is 39.3 Å². The van der Waals surface area contributed by atoms with Crippen molar-refractivity contribution in [2.75, 3.05) is 11.9 Å². The summed E-state index contributed by atoms with van der Waals surface area (Å²) in [6.45, 7) is 7.24. The Kier molecular flexibility index (Phi) is 7.14. The number of carbonyl (C=O) groups is 2. The first kappa shape index (κ1) is 23.1. The lowest BCUT2D eigenvalue weighted by atomic mass is 10.1. The zero-order valence-corrected chi connectivity index (χ0v) is 20.3. The lowest BCUT2D eigenvalue weighted by molar-refractivity contribution is -0.133. The van der Waals surface area contributed by atoms with Crippen LogP contribution in [-0.2, 0) is 17.9 Å². The fourth-order valence-corrected chi connectivity index (χ4v) is 4.84. The molecule has 5 nitrogen and oxygen atoms in total. The summed E-state index contributed by atoms with van der Waals surface area (Å²) in [5.41, 5.74) is 4.04. The van der Waals surface area contributed by atoms with Gasteiger partial charge in [-0.05, 0) is 62.9 Å². The van der Waals surface area contributed by atoms with Crippen molar-refractivity contribution in [3.8, 4) is 0 Å². The number of aryl methyl sites for hydroxylation is 3. The van der Waals surface area contributed by atoms with E-state index in [1.807, 2.05) is 67.3 Å². The van der Waals surface area contributed by atoms with E-state index in [0.29, 0.717) is 13.1 Å². The number of amides is 3. The first-order chi connectivity index (χ1) is 15.9. The Labute approximate surface area is 200 Å². The van der Waals surface area contributed by atoms with Crippen LogP contribution in [0.15, 0.2) is 60.7 Å². The minimum absolute atomic E-state index is 0.0346. The number of hydrogen-bond acceptors (Lipinski definition) is 3. The average molecular weight is 462 g/mol. The highest BCUT2D eigenvalue weighted by atomic mass is 32.1. The van der Waals surface area contributed by atoms with Gasteiger partial charge in [0.2, 0.25) is 5.91 Å². The van der Waals surface area contributed by atoms with Gasteiger partial charge in [-0.1, -0.05) is 48.0 Å². The molecular weight excluding hydrogens is 430 g/mol. The number of carbonyl (C=O) groups excluding carboxylic acids is 2. The van der Waals surface area contributed by atoms with Crippen LogP contribution in [0.3, 0.4) is 0 Å². The Hall–Kier alpha value is -3.12. The fraction of sp³-hybridized carbons (Fsp3) is 0.333. The highest BCUT2D eigenvalue weighted by molar-refractivity contribution is 7.11. The number of nitrogens with zero attached hydrogens (tertiary/aromatic N) is 2. The van der Waals surface area contributed by atoms with Crippen LogP contribution in [0.5, 0.6) is 0 Å². The largest absolute Gasteiger partial charge is 0.332 e. The van der Waals surface area contributed by atoms with Crippen LogP contribution in [-0.4, -0.2) is 34.3 Å². The highest BCUT2D eigenvalue weighted by Crippen LogP contribution is 2.28. The van der Waals surface area contributed by atoms with Gasteiger partial charge in [0.05, 0.1) is 6.54 Å². The second-order valence-electron chi connectivity index (χ2n) is 8.86. The van der Waals surface area contributed by atoms with Gasteiger partial charge >= 0.3 is 6.03 Å². The monoisotopic (exact) mass is 461 g/mol. The maximum Gasteiger partial charge on any atom is 0.322 e. The smallest absolute Gasteiger partial charge is 0.322 e. The summed E-state index contributed by atoms with van der Waals surface area (Å²) in [5.74, 6) is -0.0346. The molecule has 3 aromatic rings.